The van der Waals surface area contributed by atoms with Crippen LogP contribution in [0.1, 0.15) is 18.9 Å². The lowest BCUT2D eigenvalue weighted by molar-refractivity contribution is 0.619. The Bertz CT molecular complexity index is 604. The second kappa shape index (κ2) is 6.52. The van der Waals surface area contributed by atoms with Crippen molar-refractivity contribution in [2.45, 2.75) is 20.3 Å². The zero-order valence-electron chi connectivity index (χ0n) is 11.4. The molecule has 2 aromatic rings. The first-order chi connectivity index (χ1) is 9.61. The van der Waals surface area contributed by atoms with Crippen LogP contribution in [0.4, 0.5) is 21.8 Å². The second-order valence-corrected chi connectivity index (χ2v) is 4.76. The standard InChI is InChI=1S/C14H16ClFN4/c1-3-7-17-14-18-8-11(16)13(20-14)19-12-6-4-5-10(15)9(12)2/h4-6,8H,3,7H2,1-2H3,(H2,17,18,19,20). The Kier molecular flexibility index (Phi) is 4.74. The summed E-state index contributed by atoms with van der Waals surface area (Å²) < 4.78 is 13.8. The third-order valence-electron chi connectivity index (χ3n) is 2.80. The normalized spacial score (nSPS) is 10.4. The number of benzene rings is 1. The van der Waals surface area contributed by atoms with Crippen LogP contribution >= 0.6 is 11.6 Å². The molecule has 0 saturated heterocycles. The zero-order chi connectivity index (χ0) is 14.5. The molecule has 0 aliphatic carbocycles. The summed E-state index contributed by atoms with van der Waals surface area (Å²) in [5, 5.41) is 6.59. The number of hydrogen-bond donors (Lipinski definition) is 2. The van der Waals surface area contributed by atoms with Crippen molar-refractivity contribution >= 4 is 29.1 Å². The lowest BCUT2D eigenvalue weighted by Crippen LogP contribution is -2.07. The highest BCUT2D eigenvalue weighted by Gasteiger charge is 2.09. The van der Waals surface area contributed by atoms with E-state index in [0.29, 0.717) is 11.0 Å². The fourth-order valence-corrected chi connectivity index (χ4v) is 1.82. The van der Waals surface area contributed by atoms with Gasteiger partial charge in [-0.05, 0) is 31.0 Å². The fourth-order valence-electron chi connectivity index (χ4n) is 1.65. The van der Waals surface area contributed by atoms with E-state index >= 15 is 0 Å². The summed E-state index contributed by atoms with van der Waals surface area (Å²) in [7, 11) is 0. The molecular weight excluding hydrogens is 279 g/mol. The van der Waals surface area contributed by atoms with E-state index in [0.717, 1.165) is 30.4 Å². The maximum absolute atomic E-state index is 13.8. The van der Waals surface area contributed by atoms with E-state index in [-0.39, 0.29) is 5.82 Å². The van der Waals surface area contributed by atoms with Crippen molar-refractivity contribution in [1.82, 2.24) is 9.97 Å². The molecule has 0 bridgehead atoms. The van der Waals surface area contributed by atoms with Gasteiger partial charge in [-0.3, -0.25) is 0 Å². The summed E-state index contributed by atoms with van der Waals surface area (Å²) in [6.07, 6.45) is 2.09. The van der Waals surface area contributed by atoms with Gasteiger partial charge in [-0.15, -0.1) is 0 Å². The molecule has 106 valence electrons. The molecule has 1 aromatic carbocycles. The topological polar surface area (TPSA) is 49.8 Å². The summed E-state index contributed by atoms with van der Waals surface area (Å²) in [4.78, 5) is 8.02. The van der Waals surface area contributed by atoms with Gasteiger partial charge in [0.25, 0.3) is 0 Å². The zero-order valence-corrected chi connectivity index (χ0v) is 12.1. The molecule has 0 aliphatic rings. The van der Waals surface area contributed by atoms with Crippen molar-refractivity contribution in [2.24, 2.45) is 0 Å². The smallest absolute Gasteiger partial charge is 0.224 e. The van der Waals surface area contributed by atoms with Crippen LogP contribution in [0.15, 0.2) is 24.4 Å². The molecule has 4 nitrogen and oxygen atoms in total. The number of nitrogens with zero attached hydrogens (tertiary/aromatic N) is 2. The van der Waals surface area contributed by atoms with Crippen LogP contribution in [0, 0.1) is 12.7 Å². The summed E-state index contributed by atoms with van der Waals surface area (Å²) in [6.45, 7) is 4.63. The number of hydrogen-bond acceptors (Lipinski definition) is 4. The summed E-state index contributed by atoms with van der Waals surface area (Å²) >= 11 is 6.04. The van der Waals surface area contributed by atoms with E-state index in [4.69, 9.17) is 11.6 Å². The molecule has 0 amide bonds. The number of rotatable bonds is 5. The summed E-state index contributed by atoms with van der Waals surface area (Å²) in [5.74, 6) is 0.0193. The number of halogens is 2. The molecule has 0 atom stereocenters. The van der Waals surface area contributed by atoms with Crippen LogP contribution < -0.4 is 10.6 Å². The van der Waals surface area contributed by atoms with Gasteiger partial charge < -0.3 is 10.6 Å². The van der Waals surface area contributed by atoms with Gasteiger partial charge in [0.15, 0.2) is 11.6 Å². The van der Waals surface area contributed by atoms with Gasteiger partial charge in [0.2, 0.25) is 5.95 Å². The Labute approximate surface area is 122 Å². The van der Waals surface area contributed by atoms with Crippen molar-refractivity contribution in [3.05, 3.63) is 40.8 Å². The van der Waals surface area contributed by atoms with E-state index in [9.17, 15) is 4.39 Å². The highest BCUT2D eigenvalue weighted by atomic mass is 35.5. The number of aromatic nitrogens is 2. The highest BCUT2D eigenvalue weighted by molar-refractivity contribution is 6.31. The quantitative estimate of drug-likeness (QED) is 0.870. The average molecular weight is 295 g/mol. The minimum atomic E-state index is -0.508. The first kappa shape index (κ1) is 14.5. The van der Waals surface area contributed by atoms with Gasteiger partial charge >= 0.3 is 0 Å². The van der Waals surface area contributed by atoms with Crippen LogP contribution in [0.5, 0.6) is 0 Å². The predicted octanol–water partition coefficient (Wildman–Crippen LogP) is 4.14. The molecule has 0 saturated carbocycles. The molecule has 0 unspecified atom stereocenters. The lowest BCUT2D eigenvalue weighted by Gasteiger charge is -2.11. The van der Waals surface area contributed by atoms with E-state index < -0.39 is 5.82 Å². The van der Waals surface area contributed by atoms with Crippen molar-refractivity contribution in [1.29, 1.82) is 0 Å². The van der Waals surface area contributed by atoms with Crippen LogP contribution in [-0.4, -0.2) is 16.5 Å². The Morgan fingerprint density at radius 1 is 1.35 bits per heavy atom. The van der Waals surface area contributed by atoms with Crippen molar-refractivity contribution in [3.8, 4) is 0 Å². The van der Waals surface area contributed by atoms with Gasteiger partial charge in [-0.2, -0.15) is 4.98 Å². The third-order valence-corrected chi connectivity index (χ3v) is 3.21. The van der Waals surface area contributed by atoms with E-state index in [2.05, 4.69) is 20.6 Å². The second-order valence-electron chi connectivity index (χ2n) is 4.35. The van der Waals surface area contributed by atoms with Crippen molar-refractivity contribution in [3.63, 3.8) is 0 Å². The first-order valence-corrected chi connectivity index (χ1v) is 6.78. The Balaban J connectivity index is 2.26. The predicted molar refractivity (Wildman–Crippen MR) is 80.2 cm³/mol. The van der Waals surface area contributed by atoms with E-state index in [1.54, 1.807) is 12.1 Å². The maximum atomic E-state index is 13.8. The molecule has 2 N–H and O–H groups in total. The fraction of sp³-hybridized carbons (Fsp3) is 0.286. The Morgan fingerprint density at radius 3 is 2.90 bits per heavy atom. The average Bonchev–Trinajstić information content (AvgIpc) is 2.44. The molecule has 1 aromatic heterocycles. The monoisotopic (exact) mass is 294 g/mol. The van der Waals surface area contributed by atoms with Crippen LogP contribution in [0.3, 0.4) is 0 Å². The number of anilines is 3. The highest BCUT2D eigenvalue weighted by Crippen LogP contribution is 2.26. The van der Waals surface area contributed by atoms with E-state index in [1.807, 2.05) is 19.9 Å². The van der Waals surface area contributed by atoms with Crippen LogP contribution in [0.2, 0.25) is 5.02 Å². The molecule has 0 radical (unpaired) electrons. The van der Waals surface area contributed by atoms with Crippen molar-refractivity contribution in [2.75, 3.05) is 17.2 Å². The maximum Gasteiger partial charge on any atom is 0.224 e. The SMILES string of the molecule is CCCNc1ncc(F)c(Nc2cccc(Cl)c2C)n1. The van der Waals surface area contributed by atoms with Crippen LogP contribution in [0.25, 0.3) is 0 Å². The number of nitrogens with one attached hydrogen (secondary N) is 2. The molecule has 2 rings (SSSR count). The Hall–Kier alpha value is -1.88. The van der Waals surface area contributed by atoms with Gasteiger partial charge in [-0.1, -0.05) is 24.6 Å². The van der Waals surface area contributed by atoms with Gasteiger partial charge in [0.05, 0.1) is 6.20 Å². The summed E-state index contributed by atoms with van der Waals surface area (Å²) in [5.41, 5.74) is 1.56. The molecule has 0 aliphatic heterocycles. The minimum Gasteiger partial charge on any atom is -0.354 e. The first-order valence-electron chi connectivity index (χ1n) is 6.40. The van der Waals surface area contributed by atoms with Gasteiger partial charge in [0, 0.05) is 17.3 Å². The van der Waals surface area contributed by atoms with Crippen molar-refractivity contribution < 1.29 is 4.39 Å². The van der Waals surface area contributed by atoms with Gasteiger partial charge in [-0.25, -0.2) is 9.37 Å². The van der Waals surface area contributed by atoms with Gasteiger partial charge in [0.1, 0.15) is 0 Å². The van der Waals surface area contributed by atoms with E-state index in [1.165, 1.54) is 0 Å². The molecule has 0 fully saturated rings. The molecule has 0 spiro atoms. The largest absolute Gasteiger partial charge is 0.354 e. The van der Waals surface area contributed by atoms with Crippen LogP contribution in [-0.2, 0) is 0 Å². The lowest BCUT2D eigenvalue weighted by atomic mass is 10.2. The third kappa shape index (κ3) is 3.36. The molecule has 20 heavy (non-hydrogen) atoms. The molecule has 1 heterocycles. The molecule has 6 heteroatoms. The summed E-state index contributed by atoms with van der Waals surface area (Å²) in [6, 6.07) is 5.40. The minimum absolute atomic E-state index is 0.129. The Morgan fingerprint density at radius 2 is 2.15 bits per heavy atom. The molecular formula is C14H16ClFN4.